The highest BCUT2D eigenvalue weighted by Crippen LogP contribution is 2.66. The summed E-state index contributed by atoms with van der Waals surface area (Å²) in [4.78, 5) is 0. The third-order valence-electron chi connectivity index (χ3n) is 2.43. The van der Waals surface area contributed by atoms with Gasteiger partial charge in [0.25, 0.3) is 0 Å². The second-order valence-electron chi connectivity index (χ2n) is 3.65. The van der Waals surface area contributed by atoms with Gasteiger partial charge in [0.2, 0.25) is 0 Å². The van der Waals surface area contributed by atoms with Crippen LogP contribution in [0.2, 0.25) is 5.02 Å². The second-order valence-corrected chi connectivity index (χ2v) is 9.38. The van der Waals surface area contributed by atoms with E-state index in [2.05, 4.69) is 59.9 Å². The van der Waals surface area contributed by atoms with Crippen LogP contribution in [0.3, 0.4) is 0 Å². The molecule has 1 unspecified atom stereocenters. The first kappa shape index (κ1) is 11.4. The Hall–Kier alpha value is 0.950. The summed E-state index contributed by atoms with van der Waals surface area (Å²) in [5.74, 6) is 0. The molecule has 0 radical (unpaired) electrons. The van der Waals surface area contributed by atoms with Crippen LogP contribution in [0.4, 0.5) is 0 Å². The standard InChI is InChI=1S/C10H8Br3Cl/c11-9(6-10(9,12)13)5-7-1-3-8(14)4-2-7/h1-4H,5-6H2. The van der Waals surface area contributed by atoms with Crippen molar-refractivity contribution in [1.82, 2.24) is 0 Å². The van der Waals surface area contributed by atoms with Crippen LogP contribution >= 0.6 is 59.4 Å². The highest BCUT2D eigenvalue weighted by atomic mass is 79.9. The molecule has 76 valence electrons. The molecule has 0 amide bonds. The summed E-state index contributed by atoms with van der Waals surface area (Å²) in [5.41, 5.74) is 1.30. The van der Waals surface area contributed by atoms with Crippen molar-refractivity contribution in [3.8, 4) is 0 Å². The van der Waals surface area contributed by atoms with Gasteiger partial charge in [-0.25, -0.2) is 0 Å². The molecule has 1 atom stereocenters. The zero-order chi connectivity index (χ0) is 10.4. The number of rotatable bonds is 2. The van der Waals surface area contributed by atoms with Gasteiger partial charge in [0, 0.05) is 5.02 Å². The molecule has 1 aliphatic rings. The maximum Gasteiger partial charge on any atom is 0.0975 e. The van der Waals surface area contributed by atoms with Gasteiger partial charge in [-0.3, -0.25) is 0 Å². The van der Waals surface area contributed by atoms with Crippen LogP contribution in [0.15, 0.2) is 24.3 Å². The van der Waals surface area contributed by atoms with Crippen molar-refractivity contribution in [2.24, 2.45) is 0 Å². The van der Waals surface area contributed by atoms with E-state index in [0.717, 1.165) is 17.9 Å². The van der Waals surface area contributed by atoms with E-state index in [1.165, 1.54) is 5.56 Å². The molecule has 0 bridgehead atoms. The van der Waals surface area contributed by atoms with Crippen molar-refractivity contribution in [1.29, 1.82) is 0 Å². The monoisotopic (exact) mass is 400 g/mol. The fourth-order valence-electron chi connectivity index (χ4n) is 1.43. The molecule has 1 aliphatic carbocycles. The minimum Gasteiger partial charge on any atom is -0.0843 e. The Morgan fingerprint density at radius 3 is 2.07 bits per heavy atom. The van der Waals surface area contributed by atoms with Gasteiger partial charge < -0.3 is 0 Å². The molecule has 0 heterocycles. The zero-order valence-corrected chi connectivity index (χ0v) is 12.7. The average Bonchev–Trinajstić information content (AvgIpc) is 2.56. The second kappa shape index (κ2) is 3.76. The number of alkyl halides is 3. The first-order chi connectivity index (χ1) is 6.43. The van der Waals surface area contributed by atoms with Crippen LogP contribution in [-0.4, -0.2) is 7.56 Å². The van der Waals surface area contributed by atoms with Gasteiger partial charge >= 0.3 is 0 Å². The number of hydrogen-bond acceptors (Lipinski definition) is 0. The summed E-state index contributed by atoms with van der Waals surface area (Å²) in [6, 6.07) is 8.00. The van der Waals surface area contributed by atoms with Crippen LogP contribution in [0.1, 0.15) is 12.0 Å². The maximum atomic E-state index is 5.82. The normalized spacial score (nSPS) is 28.9. The van der Waals surface area contributed by atoms with E-state index in [1.807, 2.05) is 12.1 Å². The van der Waals surface area contributed by atoms with Gasteiger partial charge in [-0.2, -0.15) is 0 Å². The zero-order valence-electron chi connectivity index (χ0n) is 7.24. The van der Waals surface area contributed by atoms with Crippen LogP contribution in [0.5, 0.6) is 0 Å². The van der Waals surface area contributed by atoms with Gasteiger partial charge in [0.1, 0.15) is 0 Å². The van der Waals surface area contributed by atoms with E-state index in [0.29, 0.717) is 0 Å². The lowest BCUT2D eigenvalue weighted by Gasteiger charge is -2.10. The Kier molecular flexibility index (Phi) is 3.07. The predicted octanol–water partition coefficient (Wildman–Crippen LogP) is 4.91. The third-order valence-corrected chi connectivity index (χ3v) is 7.06. The Balaban J connectivity index is 2.09. The molecule has 2 rings (SSSR count). The van der Waals surface area contributed by atoms with E-state index in [4.69, 9.17) is 11.6 Å². The summed E-state index contributed by atoms with van der Waals surface area (Å²) in [6.07, 6.45) is 2.09. The van der Waals surface area contributed by atoms with E-state index in [-0.39, 0.29) is 7.56 Å². The molecule has 0 aromatic heterocycles. The van der Waals surface area contributed by atoms with E-state index >= 15 is 0 Å². The third kappa shape index (κ3) is 2.21. The fourth-order valence-corrected chi connectivity index (χ4v) is 4.29. The van der Waals surface area contributed by atoms with Crippen molar-refractivity contribution >= 4 is 59.4 Å². The molecule has 0 saturated heterocycles. The van der Waals surface area contributed by atoms with Gasteiger partial charge in [-0.05, 0) is 30.5 Å². The average molecular weight is 403 g/mol. The Bertz CT molecular complexity index is 347. The maximum absolute atomic E-state index is 5.82. The summed E-state index contributed by atoms with van der Waals surface area (Å²) < 4.78 is 0.209. The predicted molar refractivity (Wildman–Crippen MR) is 72.0 cm³/mol. The first-order valence-electron chi connectivity index (χ1n) is 4.24. The van der Waals surface area contributed by atoms with Crippen molar-refractivity contribution in [3.63, 3.8) is 0 Å². The van der Waals surface area contributed by atoms with Crippen molar-refractivity contribution in [2.45, 2.75) is 20.4 Å². The summed E-state index contributed by atoms with van der Waals surface area (Å²) in [5, 5.41) is 0.789. The quantitative estimate of drug-likeness (QED) is 0.616. The first-order valence-corrected chi connectivity index (χ1v) is 7.00. The minimum atomic E-state index is 0.0621. The molecule has 1 fully saturated rings. The molecule has 1 aromatic carbocycles. The summed E-state index contributed by atoms with van der Waals surface area (Å²) in [6.45, 7) is 0. The van der Waals surface area contributed by atoms with E-state index in [9.17, 15) is 0 Å². The summed E-state index contributed by atoms with van der Waals surface area (Å²) in [7, 11) is 0. The Morgan fingerprint density at radius 2 is 1.64 bits per heavy atom. The Labute approximate surface area is 114 Å². The molecule has 4 heteroatoms. The van der Waals surface area contributed by atoms with Crippen molar-refractivity contribution in [2.75, 3.05) is 0 Å². The molecule has 0 N–H and O–H groups in total. The fraction of sp³-hybridized carbons (Fsp3) is 0.400. The minimum absolute atomic E-state index is 0.0621. The van der Waals surface area contributed by atoms with Gasteiger partial charge in [0.05, 0.1) is 7.56 Å². The van der Waals surface area contributed by atoms with E-state index < -0.39 is 0 Å². The molecular formula is C10H8Br3Cl. The molecule has 1 saturated carbocycles. The lowest BCUT2D eigenvalue weighted by atomic mass is 10.1. The van der Waals surface area contributed by atoms with Gasteiger partial charge in [-0.1, -0.05) is 71.5 Å². The van der Waals surface area contributed by atoms with Crippen LogP contribution in [-0.2, 0) is 6.42 Å². The van der Waals surface area contributed by atoms with E-state index in [1.54, 1.807) is 0 Å². The smallest absolute Gasteiger partial charge is 0.0843 e. The molecular weight excluding hydrogens is 395 g/mol. The molecule has 0 nitrogen and oxygen atoms in total. The lowest BCUT2D eigenvalue weighted by molar-refractivity contribution is 0.905. The summed E-state index contributed by atoms with van der Waals surface area (Å²) >= 11 is 16.8. The van der Waals surface area contributed by atoms with Gasteiger partial charge in [0.15, 0.2) is 0 Å². The highest BCUT2D eigenvalue weighted by Gasteiger charge is 2.63. The SMILES string of the molecule is Clc1ccc(CC2(Br)CC2(Br)Br)cc1. The number of benzene rings is 1. The van der Waals surface area contributed by atoms with Crippen molar-refractivity contribution < 1.29 is 0 Å². The molecule has 1 aromatic rings. The lowest BCUT2D eigenvalue weighted by Crippen LogP contribution is -2.10. The highest BCUT2D eigenvalue weighted by molar-refractivity contribution is 9.26. The van der Waals surface area contributed by atoms with Crippen LogP contribution in [0.25, 0.3) is 0 Å². The van der Waals surface area contributed by atoms with Crippen LogP contribution < -0.4 is 0 Å². The Morgan fingerprint density at radius 1 is 1.14 bits per heavy atom. The number of halogens is 4. The molecule has 0 spiro atoms. The van der Waals surface area contributed by atoms with Gasteiger partial charge in [-0.15, -0.1) is 0 Å². The number of hydrogen-bond donors (Lipinski definition) is 0. The topological polar surface area (TPSA) is 0 Å². The van der Waals surface area contributed by atoms with Crippen LogP contribution in [0, 0.1) is 0 Å². The molecule has 0 aliphatic heterocycles. The van der Waals surface area contributed by atoms with Crippen molar-refractivity contribution in [3.05, 3.63) is 34.9 Å². The largest absolute Gasteiger partial charge is 0.0975 e. The molecule has 14 heavy (non-hydrogen) atoms.